The van der Waals surface area contributed by atoms with E-state index < -0.39 is 5.97 Å². The summed E-state index contributed by atoms with van der Waals surface area (Å²) in [6.07, 6.45) is 1.49. The Hall–Kier alpha value is -2.54. The number of aryl methyl sites for hydroxylation is 1. The maximum absolute atomic E-state index is 11.1. The molecule has 7 heteroatoms. The Kier molecular flexibility index (Phi) is 3.72. The summed E-state index contributed by atoms with van der Waals surface area (Å²) in [6, 6.07) is 10.6. The van der Waals surface area contributed by atoms with Gasteiger partial charge in [0.2, 0.25) is 0 Å². The van der Waals surface area contributed by atoms with Crippen LogP contribution in [0.4, 0.5) is 11.5 Å². The minimum atomic E-state index is -0.998. The molecule has 0 unspecified atom stereocenters. The highest BCUT2D eigenvalue weighted by molar-refractivity contribution is 9.10. The predicted octanol–water partition coefficient (Wildman–Crippen LogP) is 4.52. The minimum Gasteiger partial charge on any atom is -0.478 e. The van der Waals surface area contributed by atoms with Gasteiger partial charge in [0.05, 0.1) is 16.9 Å². The lowest BCUT2D eigenvalue weighted by atomic mass is 10.3. The summed E-state index contributed by atoms with van der Waals surface area (Å²) in [5, 5.41) is 17.5. The Bertz CT molecular complexity index is 902. The number of hydrogen-bond donors (Lipinski definition) is 1. The molecule has 0 amide bonds. The summed E-state index contributed by atoms with van der Waals surface area (Å²) in [5.41, 5.74) is 2.16. The number of aromatic carboxylic acids is 1. The molecule has 0 bridgehead atoms. The van der Waals surface area contributed by atoms with Crippen molar-refractivity contribution >= 4 is 39.1 Å². The number of fused-ring (bicyclic) bond motifs is 1. The summed E-state index contributed by atoms with van der Waals surface area (Å²) >= 11 is 3.41. The number of benzene rings is 1. The first kappa shape index (κ1) is 14.4. The molecule has 6 nitrogen and oxygen atoms in total. The number of carboxylic acid groups (broad SMARTS) is 1. The van der Waals surface area contributed by atoms with Crippen LogP contribution < -0.4 is 0 Å². The van der Waals surface area contributed by atoms with E-state index >= 15 is 0 Å². The highest BCUT2D eigenvalue weighted by Gasteiger charge is 2.11. The largest absolute Gasteiger partial charge is 0.478 e. The number of carbonyl (C=O) groups is 1. The van der Waals surface area contributed by atoms with Crippen LogP contribution in [0.15, 0.2) is 57.3 Å². The van der Waals surface area contributed by atoms with Crippen molar-refractivity contribution in [2.45, 2.75) is 6.92 Å². The van der Waals surface area contributed by atoms with E-state index in [2.05, 4.69) is 31.1 Å². The lowest BCUT2D eigenvalue weighted by Crippen LogP contribution is -1.98. The highest BCUT2D eigenvalue weighted by Crippen LogP contribution is 2.28. The molecule has 0 spiro atoms. The molecule has 1 N–H and O–H groups in total. The van der Waals surface area contributed by atoms with Gasteiger partial charge in [-0.1, -0.05) is 12.1 Å². The number of aromatic nitrogens is 2. The van der Waals surface area contributed by atoms with Crippen LogP contribution in [0.2, 0.25) is 0 Å². The second kappa shape index (κ2) is 5.69. The first-order chi connectivity index (χ1) is 10.6. The number of hydrogen-bond acceptors (Lipinski definition) is 4. The van der Waals surface area contributed by atoms with Crippen LogP contribution in [0, 0.1) is 6.92 Å². The summed E-state index contributed by atoms with van der Waals surface area (Å²) in [7, 11) is 0. The van der Waals surface area contributed by atoms with Crippen LogP contribution in [0.1, 0.15) is 16.1 Å². The van der Waals surface area contributed by atoms with Crippen molar-refractivity contribution in [1.82, 2.24) is 9.38 Å². The molecule has 110 valence electrons. The van der Waals surface area contributed by atoms with E-state index in [0.29, 0.717) is 22.8 Å². The van der Waals surface area contributed by atoms with Crippen molar-refractivity contribution in [2.75, 3.05) is 0 Å². The normalized spacial score (nSPS) is 11.4. The van der Waals surface area contributed by atoms with Gasteiger partial charge in [0.15, 0.2) is 5.82 Å². The summed E-state index contributed by atoms with van der Waals surface area (Å²) in [5.74, 6) is -0.490. The van der Waals surface area contributed by atoms with Crippen LogP contribution in [-0.2, 0) is 0 Å². The molecule has 22 heavy (non-hydrogen) atoms. The Balaban J connectivity index is 2.10. The maximum atomic E-state index is 11.1. The molecule has 3 rings (SSSR count). The SMILES string of the molecule is Cc1nc2ccc(C(=O)O)cn2c1N=Nc1ccccc1Br. The second-order valence-corrected chi connectivity index (χ2v) is 5.48. The third-order valence-electron chi connectivity index (χ3n) is 3.11. The van der Waals surface area contributed by atoms with Crippen LogP contribution >= 0.6 is 15.9 Å². The number of azo groups is 1. The van der Waals surface area contributed by atoms with Crippen LogP contribution in [0.3, 0.4) is 0 Å². The van der Waals surface area contributed by atoms with E-state index in [4.69, 9.17) is 5.11 Å². The standard InChI is InChI=1S/C15H11BrN4O2/c1-9-14(19-18-12-5-3-2-4-11(12)16)20-8-10(15(21)22)6-7-13(20)17-9/h2-8H,1H3,(H,21,22). The molecular formula is C15H11BrN4O2. The summed E-state index contributed by atoms with van der Waals surface area (Å²) in [4.78, 5) is 15.4. The van der Waals surface area contributed by atoms with Crippen molar-refractivity contribution in [3.05, 3.63) is 58.3 Å². The number of pyridine rings is 1. The lowest BCUT2D eigenvalue weighted by Gasteiger charge is -1.99. The van der Waals surface area contributed by atoms with E-state index in [1.54, 1.807) is 10.5 Å². The smallest absolute Gasteiger partial charge is 0.337 e. The molecule has 0 saturated heterocycles. The van der Waals surface area contributed by atoms with Gasteiger partial charge >= 0.3 is 5.97 Å². The molecular weight excluding hydrogens is 348 g/mol. The molecule has 0 aliphatic rings. The molecule has 0 aliphatic heterocycles. The fourth-order valence-electron chi connectivity index (χ4n) is 2.03. The molecule has 2 aromatic heterocycles. The number of halogens is 1. The summed E-state index contributed by atoms with van der Waals surface area (Å²) in [6.45, 7) is 1.81. The number of carboxylic acids is 1. The Labute approximate surface area is 134 Å². The van der Waals surface area contributed by atoms with Crippen molar-refractivity contribution in [1.29, 1.82) is 0 Å². The third kappa shape index (κ3) is 2.62. The first-order valence-corrected chi connectivity index (χ1v) is 7.24. The first-order valence-electron chi connectivity index (χ1n) is 6.44. The zero-order chi connectivity index (χ0) is 15.7. The van der Waals surface area contributed by atoms with Gasteiger partial charge in [-0.05, 0) is 47.1 Å². The van der Waals surface area contributed by atoms with Crippen LogP contribution in [0.5, 0.6) is 0 Å². The van der Waals surface area contributed by atoms with Crippen LogP contribution in [-0.4, -0.2) is 20.5 Å². The van der Waals surface area contributed by atoms with Gasteiger partial charge in [-0.3, -0.25) is 4.40 Å². The van der Waals surface area contributed by atoms with Gasteiger partial charge in [-0.15, -0.1) is 10.2 Å². The van der Waals surface area contributed by atoms with E-state index in [1.807, 2.05) is 31.2 Å². The van der Waals surface area contributed by atoms with E-state index in [0.717, 1.165) is 4.47 Å². The van der Waals surface area contributed by atoms with E-state index in [-0.39, 0.29) is 5.56 Å². The Morgan fingerprint density at radius 3 is 2.73 bits per heavy atom. The Morgan fingerprint density at radius 2 is 2.00 bits per heavy atom. The van der Waals surface area contributed by atoms with Crippen molar-refractivity contribution < 1.29 is 9.90 Å². The van der Waals surface area contributed by atoms with Gasteiger partial charge in [0.25, 0.3) is 0 Å². The van der Waals surface area contributed by atoms with E-state index in [1.165, 1.54) is 12.3 Å². The molecule has 1 aromatic carbocycles. The third-order valence-corrected chi connectivity index (χ3v) is 3.78. The fourth-order valence-corrected chi connectivity index (χ4v) is 2.39. The second-order valence-electron chi connectivity index (χ2n) is 4.62. The number of imidazole rings is 1. The molecule has 0 atom stereocenters. The maximum Gasteiger partial charge on any atom is 0.337 e. The van der Waals surface area contributed by atoms with E-state index in [9.17, 15) is 4.79 Å². The summed E-state index contributed by atoms with van der Waals surface area (Å²) < 4.78 is 2.45. The fraction of sp³-hybridized carbons (Fsp3) is 0.0667. The van der Waals surface area contributed by atoms with Crippen LogP contribution in [0.25, 0.3) is 5.65 Å². The zero-order valence-electron chi connectivity index (χ0n) is 11.6. The predicted molar refractivity (Wildman–Crippen MR) is 85.2 cm³/mol. The quantitative estimate of drug-likeness (QED) is 0.699. The van der Waals surface area contributed by atoms with Gasteiger partial charge < -0.3 is 5.11 Å². The average molecular weight is 359 g/mol. The zero-order valence-corrected chi connectivity index (χ0v) is 13.1. The molecule has 0 saturated carbocycles. The van der Waals surface area contributed by atoms with Gasteiger partial charge in [0, 0.05) is 10.7 Å². The van der Waals surface area contributed by atoms with Gasteiger partial charge in [-0.25, -0.2) is 9.78 Å². The number of rotatable bonds is 3. The monoisotopic (exact) mass is 358 g/mol. The van der Waals surface area contributed by atoms with Crippen molar-refractivity contribution in [2.24, 2.45) is 10.2 Å². The molecule has 0 fully saturated rings. The molecule has 2 heterocycles. The molecule has 0 aliphatic carbocycles. The molecule has 0 radical (unpaired) electrons. The van der Waals surface area contributed by atoms with Crippen molar-refractivity contribution in [3.8, 4) is 0 Å². The molecule has 3 aromatic rings. The van der Waals surface area contributed by atoms with Crippen molar-refractivity contribution in [3.63, 3.8) is 0 Å². The highest BCUT2D eigenvalue weighted by atomic mass is 79.9. The Morgan fingerprint density at radius 1 is 1.23 bits per heavy atom. The topological polar surface area (TPSA) is 79.3 Å². The number of nitrogens with zero attached hydrogens (tertiary/aromatic N) is 4. The van der Waals surface area contributed by atoms with Gasteiger partial charge in [0.1, 0.15) is 5.65 Å². The minimum absolute atomic E-state index is 0.169. The average Bonchev–Trinajstić information content (AvgIpc) is 2.81. The van der Waals surface area contributed by atoms with Gasteiger partial charge in [-0.2, -0.15) is 0 Å². The lowest BCUT2D eigenvalue weighted by molar-refractivity contribution is 0.0696.